The topological polar surface area (TPSA) is 58.4 Å². The molecule has 2 atom stereocenters. The first-order valence-electron chi connectivity index (χ1n) is 7.88. The first kappa shape index (κ1) is 16.8. The third-order valence-corrected chi connectivity index (χ3v) is 4.58. The number of amides is 2. The van der Waals surface area contributed by atoms with Crippen LogP contribution in [-0.4, -0.2) is 57.2 Å². The number of rotatable bonds is 3. The van der Waals surface area contributed by atoms with Crippen molar-refractivity contribution in [1.82, 2.24) is 19.6 Å². The Hall–Kier alpha value is -2.06. The van der Waals surface area contributed by atoms with Gasteiger partial charge in [0.1, 0.15) is 6.54 Å². The molecule has 2 fully saturated rings. The zero-order valence-corrected chi connectivity index (χ0v) is 13.3. The van der Waals surface area contributed by atoms with Crippen LogP contribution in [-0.2, 0) is 16.6 Å². The largest absolute Gasteiger partial charge is 0.406 e. The summed E-state index contributed by atoms with van der Waals surface area (Å²) in [5, 5.41) is 4.11. The van der Waals surface area contributed by atoms with Crippen LogP contribution in [0.3, 0.4) is 0 Å². The maximum Gasteiger partial charge on any atom is 0.406 e. The summed E-state index contributed by atoms with van der Waals surface area (Å²) in [5.74, 6) is -1.54. The highest BCUT2D eigenvalue weighted by Crippen LogP contribution is 2.34. The van der Waals surface area contributed by atoms with Crippen molar-refractivity contribution in [3.05, 3.63) is 18.0 Å². The Morgan fingerprint density at radius 1 is 1.42 bits per heavy atom. The van der Waals surface area contributed by atoms with Crippen molar-refractivity contribution in [3.8, 4) is 0 Å². The highest BCUT2D eigenvalue weighted by Gasteiger charge is 2.43. The van der Waals surface area contributed by atoms with E-state index < -0.39 is 24.5 Å². The molecule has 2 aliphatic heterocycles. The normalized spacial score (nSPS) is 24.9. The van der Waals surface area contributed by atoms with Crippen LogP contribution in [0.15, 0.2) is 12.4 Å². The standard InChI is InChI=1S/C15H19F3N4O2/c1-20-7-11(6-19-20)12-3-2-4-22(12)14(24)10-5-13(23)21(8-10)9-15(16,17)18/h6-7,10,12H,2-5,8-9H2,1H3/t10-,12+/m0/s1. The van der Waals surface area contributed by atoms with Gasteiger partial charge in [0.25, 0.3) is 0 Å². The van der Waals surface area contributed by atoms with Crippen molar-refractivity contribution in [3.63, 3.8) is 0 Å². The Bertz CT molecular complexity index is 643. The second kappa shape index (κ2) is 6.10. The van der Waals surface area contributed by atoms with E-state index in [4.69, 9.17) is 0 Å². The van der Waals surface area contributed by atoms with Gasteiger partial charge in [0.2, 0.25) is 11.8 Å². The van der Waals surface area contributed by atoms with Gasteiger partial charge in [-0.15, -0.1) is 0 Å². The summed E-state index contributed by atoms with van der Waals surface area (Å²) >= 11 is 0. The van der Waals surface area contributed by atoms with E-state index in [1.807, 2.05) is 6.20 Å². The van der Waals surface area contributed by atoms with Crippen LogP contribution in [0.1, 0.15) is 30.9 Å². The summed E-state index contributed by atoms with van der Waals surface area (Å²) in [5.41, 5.74) is 0.917. The first-order valence-corrected chi connectivity index (χ1v) is 7.88. The number of halogens is 3. The number of carbonyl (C=O) groups excluding carboxylic acids is 2. The number of hydrogen-bond acceptors (Lipinski definition) is 3. The predicted octanol–water partition coefficient (Wildman–Crippen LogP) is 1.49. The monoisotopic (exact) mass is 344 g/mol. The van der Waals surface area contributed by atoms with Gasteiger partial charge in [0.15, 0.2) is 0 Å². The molecular formula is C15H19F3N4O2. The first-order chi connectivity index (χ1) is 11.2. The Balaban J connectivity index is 1.69. The molecule has 1 aromatic rings. The Kier molecular flexibility index (Phi) is 4.27. The van der Waals surface area contributed by atoms with Gasteiger partial charge >= 0.3 is 6.18 Å². The van der Waals surface area contributed by atoms with Crippen molar-refractivity contribution >= 4 is 11.8 Å². The van der Waals surface area contributed by atoms with Crippen LogP contribution < -0.4 is 0 Å². The molecule has 0 unspecified atom stereocenters. The van der Waals surface area contributed by atoms with Gasteiger partial charge in [-0.25, -0.2) is 0 Å². The average molecular weight is 344 g/mol. The Labute approximate surface area is 137 Å². The fourth-order valence-corrected chi connectivity index (χ4v) is 3.53. The molecule has 6 nitrogen and oxygen atoms in total. The molecule has 132 valence electrons. The van der Waals surface area contributed by atoms with Crippen molar-refractivity contribution in [2.75, 3.05) is 19.6 Å². The summed E-state index contributed by atoms with van der Waals surface area (Å²) in [6.45, 7) is -0.891. The SMILES string of the molecule is Cn1cc([C@H]2CCCN2C(=O)[C@H]2CC(=O)N(CC(F)(F)F)C2)cn1. The van der Waals surface area contributed by atoms with E-state index in [-0.39, 0.29) is 24.9 Å². The quantitative estimate of drug-likeness (QED) is 0.835. The van der Waals surface area contributed by atoms with Gasteiger partial charge in [-0.1, -0.05) is 0 Å². The van der Waals surface area contributed by atoms with Gasteiger partial charge in [-0.3, -0.25) is 14.3 Å². The highest BCUT2D eigenvalue weighted by molar-refractivity contribution is 5.89. The molecule has 24 heavy (non-hydrogen) atoms. The summed E-state index contributed by atoms with van der Waals surface area (Å²) < 4.78 is 39.1. The molecule has 0 radical (unpaired) electrons. The minimum atomic E-state index is -4.44. The molecule has 2 aliphatic rings. The summed E-state index contributed by atoms with van der Waals surface area (Å²) in [6, 6.07) is -0.113. The van der Waals surface area contributed by atoms with Crippen LogP contribution in [0.5, 0.6) is 0 Å². The van der Waals surface area contributed by atoms with Crippen LogP contribution >= 0.6 is 0 Å². The molecule has 0 aromatic carbocycles. The van der Waals surface area contributed by atoms with Crippen LogP contribution in [0.4, 0.5) is 13.2 Å². The van der Waals surface area contributed by atoms with Gasteiger partial charge < -0.3 is 9.80 Å². The molecule has 2 saturated heterocycles. The molecule has 2 amide bonds. The maximum absolute atomic E-state index is 12.7. The van der Waals surface area contributed by atoms with E-state index in [0.717, 1.165) is 23.3 Å². The summed E-state index contributed by atoms with van der Waals surface area (Å²) in [6.07, 6.45) is 0.575. The van der Waals surface area contributed by atoms with Gasteiger partial charge in [-0.05, 0) is 12.8 Å². The number of carbonyl (C=O) groups is 2. The van der Waals surface area contributed by atoms with E-state index in [2.05, 4.69) is 5.10 Å². The molecule has 0 N–H and O–H groups in total. The zero-order chi connectivity index (χ0) is 17.5. The molecule has 0 saturated carbocycles. The van der Waals surface area contributed by atoms with Crippen molar-refractivity contribution in [2.24, 2.45) is 13.0 Å². The second-order valence-corrected chi connectivity index (χ2v) is 6.43. The third-order valence-electron chi connectivity index (χ3n) is 4.58. The zero-order valence-electron chi connectivity index (χ0n) is 13.3. The number of likely N-dealkylation sites (tertiary alicyclic amines) is 2. The van der Waals surface area contributed by atoms with Gasteiger partial charge in [0.05, 0.1) is 18.2 Å². The third kappa shape index (κ3) is 3.39. The lowest BCUT2D eigenvalue weighted by molar-refractivity contribution is -0.157. The van der Waals surface area contributed by atoms with Crippen molar-refractivity contribution < 1.29 is 22.8 Å². The smallest absolute Gasteiger partial charge is 0.335 e. The van der Waals surface area contributed by atoms with Gasteiger partial charge in [-0.2, -0.15) is 18.3 Å². The molecule has 3 heterocycles. The van der Waals surface area contributed by atoms with E-state index >= 15 is 0 Å². The number of nitrogens with zero attached hydrogens (tertiary/aromatic N) is 4. The van der Waals surface area contributed by atoms with E-state index in [1.54, 1.807) is 22.8 Å². The fraction of sp³-hybridized carbons (Fsp3) is 0.667. The van der Waals surface area contributed by atoms with Crippen molar-refractivity contribution in [1.29, 1.82) is 0 Å². The van der Waals surface area contributed by atoms with Crippen molar-refractivity contribution in [2.45, 2.75) is 31.5 Å². The molecule has 9 heteroatoms. The number of alkyl halides is 3. The minimum absolute atomic E-state index is 0.113. The summed E-state index contributed by atoms with van der Waals surface area (Å²) in [7, 11) is 1.79. The van der Waals surface area contributed by atoms with E-state index in [1.165, 1.54) is 0 Å². The molecule has 0 spiro atoms. The minimum Gasteiger partial charge on any atom is -0.335 e. The van der Waals surface area contributed by atoms with Crippen LogP contribution in [0, 0.1) is 5.92 Å². The lowest BCUT2D eigenvalue weighted by Crippen LogP contribution is -2.39. The van der Waals surface area contributed by atoms with E-state index in [9.17, 15) is 22.8 Å². The number of hydrogen-bond donors (Lipinski definition) is 0. The van der Waals surface area contributed by atoms with Crippen LogP contribution in [0.25, 0.3) is 0 Å². The molecule has 0 aliphatic carbocycles. The number of aromatic nitrogens is 2. The highest BCUT2D eigenvalue weighted by atomic mass is 19.4. The predicted molar refractivity (Wildman–Crippen MR) is 77.6 cm³/mol. The Morgan fingerprint density at radius 3 is 2.79 bits per heavy atom. The fourth-order valence-electron chi connectivity index (χ4n) is 3.53. The molecule has 0 bridgehead atoms. The molecular weight excluding hydrogens is 325 g/mol. The Morgan fingerprint density at radius 2 is 2.17 bits per heavy atom. The maximum atomic E-state index is 12.7. The lowest BCUT2D eigenvalue weighted by atomic mass is 10.0. The lowest BCUT2D eigenvalue weighted by Gasteiger charge is -2.26. The molecule has 3 rings (SSSR count). The summed E-state index contributed by atoms with van der Waals surface area (Å²) in [4.78, 5) is 26.9. The molecule has 1 aromatic heterocycles. The average Bonchev–Trinajstić information content (AvgIpc) is 3.17. The van der Waals surface area contributed by atoms with Crippen LogP contribution in [0.2, 0.25) is 0 Å². The number of aryl methyl sites for hydroxylation is 1. The van der Waals surface area contributed by atoms with E-state index in [0.29, 0.717) is 6.54 Å². The van der Waals surface area contributed by atoms with Gasteiger partial charge in [0, 0.05) is 38.3 Å². The second-order valence-electron chi connectivity index (χ2n) is 6.43.